The Kier molecular flexibility index (Phi) is 5.61. The molecule has 0 saturated carbocycles. The molecule has 2 heterocycles. The molecule has 7 nitrogen and oxygen atoms in total. The summed E-state index contributed by atoms with van der Waals surface area (Å²) in [6.45, 7) is 2.27. The van der Waals surface area contributed by atoms with Crippen molar-refractivity contribution in [2.75, 3.05) is 5.32 Å². The molecule has 7 heteroatoms. The van der Waals surface area contributed by atoms with Gasteiger partial charge >= 0.3 is 0 Å². The Morgan fingerprint density at radius 2 is 1.93 bits per heavy atom. The molecule has 4 rings (SSSR count). The van der Waals surface area contributed by atoms with E-state index >= 15 is 0 Å². The summed E-state index contributed by atoms with van der Waals surface area (Å²) in [6, 6.07) is 16.6. The minimum atomic E-state index is -0.104. The van der Waals surface area contributed by atoms with E-state index < -0.39 is 0 Å². The molecule has 30 heavy (non-hydrogen) atoms. The highest BCUT2D eigenvalue weighted by Gasteiger charge is 2.07. The van der Waals surface area contributed by atoms with Gasteiger partial charge in [-0.15, -0.1) is 0 Å². The number of rotatable bonds is 6. The number of nitrogens with one attached hydrogen (secondary N) is 1. The number of carbonyl (C=O) groups excluding carboxylic acids is 1. The number of aryl methyl sites for hydroxylation is 2. The zero-order chi connectivity index (χ0) is 20.9. The van der Waals surface area contributed by atoms with E-state index in [0.29, 0.717) is 41.8 Å². The summed E-state index contributed by atoms with van der Waals surface area (Å²) >= 11 is 0. The Bertz CT molecular complexity index is 1270. The van der Waals surface area contributed by atoms with Crippen LogP contribution in [-0.4, -0.2) is 25.4 Å². The fraction of sp³-hybridized carbons (Fsp3) is 0.174. The summed E-state index contributed by atoms with van der Waals surface area (Å²) in [5.41, 5.74) is 3.01. The lowest BCUT2D eigenvalue weighted by atomic mass is 10.1. The largest absolute Gasteiger partial charge is 0.326 e. The first-order valence-corrected chi connectivity index (χ1v) is 9.74. The van der Waals surface area contributed by atoms with E-state index in [4.69, 9.17) is 0 Å². The second kappa shape index (κ2) is 8.65. The van der Waals surface area contributed by atoms with Gasteiger partial charge in [0.15, 0.2) is 0 Å². The number of carbonyl (C=O) groups is 1. The van der Waals surface area contributed by atoms with E-state index in [2.05, 4.69) is 20.3 Å². The van der Waals surface area contributed by atoms with Gasteiger partial charge in [0.2, 0.25) is 5.91 Å². The average molecular weight is 399 g/mol. The molecule has 1 amide bonds. The molecule has 1 N–H and O–H groups in total. The van der Waals surface area contributed by atoms with E-state index in [0.717, 1.165) is 11.3 Å². The fourth-order valence-electron chi connectivity index (χ4n) is 3.27. The Balaban J connectivity index is 1.37. The molecule has 0 aliphatic rings. The molecule has 150 valence electrons. The monoisotopic (exact) mass is 399 g/mol. The summed E-state index contributed by atoms with van der Waals surface area (Å²) < 4.78 is 1.55. The predicted molar refractivity (Wildman–Crippen MR) is 116 cm³/mol. The molecule has 2 aromatic heterocycles. The maximum absolute atomic E-state index is 12.5. The molecular weight excluding hydrogens is 378 g/mol. The molecule has 0 fully saturated rings. The van der Waals surface area contributed by atoms with Gasteiger partial charge in [-0.2, -0.15) is 0 Å². The first-order valence-electron chi connectivity index (χ1n) is 9.74. The van der Waals surface area contributed by atoms with Crippen LogP contribution in [0.2, 0.25) is 0 Å². The summed E-state index contributed by atoms with van der Waals surface area (Å²) in [7, 11) is 0. The van der Waals surface area contributed by atoms with E-state index in [1.165, 1.54) is 6.33 Å². The quantitative estimate of drug-likeness (QED) is 0.535. The van der Waals surface area contributed by atoms with Crippen LogP contribution in [0.25, 0.3) is 22.2 Å². The van der Waals surface area contributed by atoms with Crippen molar-refractivity contribution in [3.8, 4) is 11.3 Å². The zero-order valence-corrected chi connectivity index (χ0v) is 16.6. The van der Waals surface area contributed by atoms with Gasteiger partial charge in [-0.05, 0) is 43.7 Å². The molecule has 0 aliphatic carbocycles. The van der Waals surface area contributed by atoms with Gasteiger partial charge < -0.3 is 5.32 Å². The molecule has 0 radical (unpaired) electrons. The number of anilines is 1. The van der Waals surface area contributed by atoms with Crippen molar-refractivity contribution in [2.45, 2.75) is 26.3 Å². The van der Waals surface area contributed by atoms with Crippen molar-refractivity contribution >= 4 is 22.5 Å². The molecule has 0 saturated heterocycles. The third kappa shape index (κ3) is 4.41. The van der Waals surface area contributed by atoms with Crippen LogP contribution in [0.4, 0.5) is 5.69 Å². The lowest BCUT2D eigenvalue weighted by Gasteiger charge is -2.09. The van der Waals surface area contributed by atoms with Gasteiger partial charge in [0.1, 0.15) is 5.82 Å². The van der Waals surface area contributed by atoms with Crippen LogP contribution in [0.15, 0.2) is 71.9 Å². The van der Waals surface area contributed by atoms with E-state index in [1.807, 2.05) is 55.5 Å². The second-order valence-electron chi connectivity index (χ2n) is 6.98. The highest BCUT2D eigenvalue weighted by Crippen LogP contribution is 2.21. The summed E-state index contributed by atoms with van der Waals surface area (Å²) in [4.78, 5) is 37.7. The highest BCUT2D eigenvalue weighted by molar-refractivity contribution is 5.91. The van der Waals surface area contributed by atoms with Crippen molar-refractivity contribution < 1.29 is 4.79 Å². The minimum Gasteiger partial charge on any atom is -0.326 e. The first-order chi connectivity index (χ1) is 14.6. The fourth-order valence-corrected chi connectivity index (χ4v) is 3.27. The van der Waals surface area contributed by atoms with Gasteiger partial charge in [-0.1, -0.05) is 24.3 Å². The average Bonchev–Trinajstić information content (AvgIpc) is 2.76. The zero-order valence-electron chi connectivity index (χ0n) is 16.6. The normalized spacial score (nSPS) is 10.8. The third-order valence-corrected chi connectivity index (χ3v) is 4.75. The topological polar surface area (TPSA) is 89.8 Å². The Hall–Kier alpha value is -3.87. The maximum atomic E-state index is 12.5. The van der Waals surface area contributed by atoms with Gasteiger partial charge in [0.25, 0.3) is 5.56 Å². The van der Waals surface area contributed by atoms with E-state index in [9.17, 15) is 9.59 Å². The van der Waals surface area contributed by atoms with Gasteiger partial charge in [-0.25, -0.2) is 15.0 Å². The van der Waals surface area contributed by atoms with E-state index in [-0.39, 0.29) is 11.5 Å². The van der Waals surface area contributed by atoms with Crippen LogP contribution < -0.4 is 10.9 Å². The number of para-hydroxylation sites is 1. The Morgan fingerprint density at radius 1 is 1.07 bits per heavy atom. The molecule has 0 aliphatic heterocycles. The number of hydrogen-bond donors (Lipinski definition) is 1. The molecule has 0 spiro atoms. The van der Waals surface area contributed by atoms with Crippen LogP contribution in [0.1, 0.15) is 18.7 Å². The minimum absolute atomic E-state index is 0.0890. The van der Waals surface area contributed by atoms with Gasteiger partial charge in [0, 0.05) is 30.4 Å². The number of aromatic nitrogens is 4. The number of amides is 1. The van der Waals surface area contributed by atoms with Crippen LogP contribution in [-0.2, 0) is 11.3 Å². The predicted octanol–water partition coefficient (Wildman–Crippen LogP) is 3.58. The molecular formula is C23H21N5O2. The van der Waals surface area contributed by atoms with E-state index in [1.54, 1.807) is 16.8 Å². The number of hydrogen-bond acceptors (Lipinski definition) is 5. The Labute approximate surface area is 173 Å². The molecule has 0 unspecified atom stereocenters. The van der Waals surface area contributed by atoms with Crippen molar-refractivity contribution in [3.63, 3.8) is 0 Å². The van der Waals surface area contributed by atoms with Gasteiger partial charge in [0.05, 0.1) is 22.9 Å². The smallest absolute Gasteiger partial charge is 0.261 e. The first kappa shape index (κ1) is 19.4. The van der Waals surface area contributed by atoms with Crippen LogP contribution in [0.5, 0.6) is 0 Å². The molecule has 2 aromatic carbocycles. The van der Waals surface area contributed by atoms with Gasteiger partial charge in [-0.3, -0.25) is 14.2 Å². The second-order valence-corrected chi connectivity index (χ2v) is 6.98. The van der Waals surface area contributed by atoms with Crippen molar-refractivity contribution in [1.82, 2.24) is 19.5 Å². The molecule has 0 bridgehead atoms. The van der Waals surface area contributed by atoms with Crippen LogP contribution in [0.3, 0.4) is 0 Å². The lowest BCUT2D eigenvalue weighted by Crippen LogP contribution is -2.21. The van der Waals surface area contributed by atoms with Crippen molar-refractivity contribution in [2.24, 2.45) is 0 Å². The number of benzene rings is 2. The third-order valence-electron chi connectivity index (χ3n) is 4.75. The SMILES string of the molecule is Cc1nccc(-c2cccc(NC(=O)CCCn3cnc4ccccc4c3=O)c2)n1. The molecule has 4 aromatic rings. The number of fused-ring (bicyclic) bond motifs is 1. The maximum Gasteiger partial charge on any atom is 0.261 e. The van der Waals surface area contributed by atoms with Crippen molar-refractivity contribution in [3.05, 3.63) is 83.3 Å². The van der Waals surface area contributed by atoms with Crippen LogP contribution >= 0.6 is 0 Å². The lowest BCUT2D eigenvalue weighted by molar-refractivity contribution is -0.116. The standard InChI is InChI=1S/C23H21N5O2/c1-16-24-12-11-20(26-16)17-6-4-7-18(14-17)27-22(29)10-5-13-28-15-25-21-9-3-2-8-19(21)23(28)30/h2-4,6-9,11-12,14-15H,5,10,13H2,1H3,(H,27,29). The number of nitrogens with zero attached hydrogens (tertiary/aromatic N) is 4. The Morgan fingerprint density at radius 3 is 2.80 bits per heavy atom. The summed E-state index contributed by atoms with van der Waals surface area (Å²) in [5.74, 6) is 0.591. The van der Waals surface area contributed by atoms with Crippen LogP contribution in [0, 0.1) is 6.92 Å². The molecule has 0 atom stereocenters. The van der Waals surface area contributed by atoms with Crippen molar-refractivity contribution in [1.29, 1.82) is 0 Å². The summed E-state index contributed by atoms with van der Waals surface area (Å²) in [6.07, 6.45) is 4.09. The summed E-state index contributed by atoms with van der Waals surface area (Å²) in [5, 5.41) is 3.50. The highest BCUT2D eigenvalue weighted by atomic mass is 16.1.